The maximum absolute atomic E-state index is 5.32. The quantitative estimate of drug-likeness (QED) is 0.777. The van der Waals surface area contributed by atoms with Gasteiger partial charge in [0.15, 0.2) is 12.2 Å². The topological polar surface area (TPSA) is 51.0 Å². The highest BCUT2D eigenvalue weighted by molar-refractivity contribution is 5.63. The standard InChI is InChI=1S/C16H15N3O/c1-12(14-5-3-7-17-9-14)19-15-6-2-4-13(8-15)16-10-18-11-20-16/h2-12,19H,1H3. The van der Waals surface area contributed by atoms with E-state index >= 15 is 0 Å². The zero-order chi connectivity index (χ0) is 13.8. The molecule has 100 valence electrons. The predicted octanol–water partition coefficient (Wildman–Crippen LogP) is 3.91. The molecule has 2 heterocycles. The molecule has 2 aromatic heterocycles. The van der Waals surface area contributed by atoms with Gasteiger partial charge in [-0.1, -0.05) is 18.2 Å². The van der Waals surface area contributed by atoms with E-state index in [-0.39, 0.29) is 6.04 Å². The van der Waals surface area contributed by atoms with Crippen LogP contribution in [0.1, 0.15) is 18.5 Å². The minimum absolute atomic E-state index is 0.189. The zero-order valence-electron chi connectivity index (χ0n) is 11.2. The van der Waals surface area contributed by atoms with Gasteiger partial charge in [0.25, 0.3) is 0 Å². The van der Waals surface area contributed by atoms with Crippen LogP contribution in [0.3, 0.4) is 0 Å². The minimum Gasteiger partial charge on any atom is -0.444 e. The summed E-state index contributed by atoms with van der Waals surface area (Å²) in [4.78, 5) is 8.08. The predicted molar refractivity (Wildman–Crippen MR) is 78.2 cm³/mol. The van der Waals surface area contributed by atoms with Crippen LogP contribution in [-0.2, 0) is 0 Å². The van der Waals surface area contributed by atoms with E-state index in [1.807, 2.05) is 36.5 Å². The SMILES string of the molecule is CC(Nc1cccc(-c2cnco2)c1)c1cccnc1. The van der Waals surface area contributed by atoms with Crippen molar-refractivity contribution in [2.75, 3.05) is 5.32 Å². The van der Waals surface area contributed by atoms with Crippen LogP contribution in [0.25, 0.3) is 11.3 Å². The van der Waals surface area contributed by atoms with Gasteiger partial charge in [0.1, 0.15) is 0 Å². The van der Waals surface area contributed by atoms with E-state index in [2.05, 4.69) is 28.3 Å². The van der Waals surface area contributed by atoms with Crippen molar-refractivity contribution < 1.29 is 4.42 Å². The molecule has 1 N–H and O–H groups in total. The van der Waals surface area contributed by atoms with E-state index in [1.54, 1.807) is 12.4 Å². The summed E-state index contributed by atoms with van der Waals surface area (Å²) < 4.78 is 5.32. The van der Waals surface area contributed by atoms with Crippen molar-refractivity contribution >= 4 is 5.69 Å². The molecular weight excluding hydrogens is 250 g/mol. The molecule has 1 aromatic carbocycles. The number of hydrogen-bond donors (Lipinski definition) is 1. The Bertz CT molecular complexity index is 665. The Balaban J connectivity index is 1.80. The summed E-state index contributed by atoms with van der Waals surface area (Å²) in [6, 6.07) is 12.3. The largest absolute Gasteiger partial charge is 0.444 e. The van der Waals surface area contributed by atoms with E-state index in [0.717, 1.165) is 22.6 Å². The number of oxazole rings is 1. The summed E-state index contributed by atoms with van der Waals surface area (Å²) in [5.74, 6) is 0.766. The molecule has 0 radical (unpaired) electrons. The van der Waals surface area contributed by atoms with Crippen molar-refractivity contribution in [2.24, 2.45) is 0 Å². The normalized spacial score (nSPS) is 12.1. The summed E-state index contributed by atoms with van der Waals surface area (Å²) in [6.45, 7) is 2.11. The van der Waals surface area contributed by atoms with Gasteiger partial charge in [-0.25, -0.2) is 4.98 Å². The molecule has 4 heteroatoms. The lowest BCUT2D eigenvalue weighted by Gasteiger charge is -2.15. The molecular formula is C16H15N3O. The van der Waals surface area contributed by atoms with Crippen LogP contribution in [0.15, 0.2) is 65.8 Å². The number of rotatable bonds is 4. The van der Waals surface area contributed by atoms with Gasteiger partial charge in [0.05, 0.1) is 12.2 Å². The van der Waals surface area contributed by atoms with Crippen molar-refractivity contribution in [1.29, 1.82) is 0 Å². The Morgan fingerprint density at radius 1 is 1.10 bits per heavy atom. The first-order chi connectivity index (χ1) is 9.83. The molecule has 0 aliphatic heterocycles. The zero-order valence-corrected chi connectivity index (χ0v) is 11.2. The number of benzene rings is 1. The number of nitrogens with one attached hydrogen (secondary N) is 1. The van der Waals surface area contributed by atoms with Gasteiger partial charge in [0.2, 0.25) is 0 Å². The Labute approximate surface area is 117 Å². The fourth-order valence-electron chi connectivity index (χ4n) is 2.09. The molecule has 3 aromatic rings. The van der Waals surface area contributed by atoms with Gasteiger partial charge in [0, 0.05) is 23.6 Å². The van der Waals surface area contributed by atoms with Crippen molar-refractivity contribution in [1.82, 2.24) is 9.97 Å². The fraction of sp³-hybridized carbons (Fsp3) is 0.125. The van der Waals surface area contributed by atoms with Gasteiger partial charge in [-0.2, -0.15) is 0 Å². The summed E-state index contributed by atoms with van der Waals surface area (Å²) in [6.07, 6.45) is 6.80. The highest BCUT2D eigenvalue weighted by Gasteiger charge is 2.07. The monoisotopic (exact) mass is 265 g/mol. The average molecular weight is 265 g/mol. The van der Waals surface area contributed by atoms with Crippen LogP contribution < -0.4 is 5.32 Å². The van der Waals surface area contributed by atoms with Gasteiger partial charge < -0.3 is 9.73 Å². The molecule has 0 saturated carbocycles. The first kappa shape index (κ1) is 12.4. The van der Waals surface area contributed by atoms with Crippen LogP contribution in [0, 0.1) is 0 Å². The Kier molecular flexibility index (Phi) is 3.46. The molecule has 0 aliphatic carbocycles. The second-order valence-corrected chi connectivity index (χ2v) is 4.60. The first-order valence-corrected chi connectivity index (χ1v) is 6.48. The van der Waals surface area contributed by atoms with Crippen LogP contribution in [0.4, 0.5) is 5.69 Å². The highest BCUT2D eigenvalue weighted by Crippen LogP contribution is 2.24. The van der Waals surface area contributed by atoms with Gasteiger partial charge in [-0.15, -0.1) is 0 Å². The van der Waals surface area contributed by atoms with E-state index < -0.39 is 0 Å². The van der Waals surface area contributed by atoms with Crippen LogP contribution in [0.5, 0.6) is 0 Å². The second kappa shape index (κ2) is 5.57. The Morgan fingerprint density at radius 2 is 2.05 bits per heavy atom. The molecule has 0 amide bonds. The molecule has 3 rings (SSSR count). The molecule has 20 heavy (non-hydrogen) atoms. The second-order valence-electron chi connectivity index (χ2n) is 4.60. The average Bonchev–Trinajstić information content (AvgIpc) is 3.03. The summed E-state index contributed by atoms with van der Waals surface area (Å²) in [7, 11) is 0. The van der Waals surface area contributed by atoms with E-state index in [0.29, 0.717) is 0 Å². The molecule has 1 unspecified atom stereocenters. The molecule has 0 spiro atoms. The minimum atomic E-state index is 0.189. The van der Waals surface area contributed by atoms with Crippen molar-refractivity contribution in [3.8, 4) is 11.3 Å². The van der Waals surface area contributed by atoms with E-state index in [9.17, 15) is 0 Å². The third kappa shape index (κ3) is 2.69. The third-order valence-electron chi connectivity index (χ3n) is 3.15. The molecule has 0 bridgehead atoms. The maximum Gasteiger partial charge on any atom is 0.181 e. The number of aromatic nitrogens is 2. The van der Waals surface area contributed by atoms with Crippen LogP contribution in [-0.4, -0.2) is 9.97 Å². The lowest BCUT2D eigenvalue weighted by Crippen LogP contribution is -2.06. The van der Waals surface area contributed by atoms with E-state index in [4.69, 9.17) is 4.42 Å². The molecule has 0 fully saturated rings. The lowest BCUT2D eigenvalue weighted by atomic mass is 10.1. The van der Waals surface area contributed by atoms with Crippen LogP contribution in [0.2, 0.25) is 0 Å². The molecule has 0 saturated heterocycles. The van der Waals surface area contributed by atoms with Gasteiger partial charge in [-0.05, 0) is 30.7 Å². The molecule has 1 atom stereocenters. The fourth-order valence-corrected chi connectivity index (χ4v) is 2.09. The Morgan fingerprint density at radius 3 is 2.80 bits per heavy atom. The number of pyridine rings is 1. The molecule has 0 aliphatic rings. The maximum atomic E-state index is 5.32. The number of anilines is 1. The van der Waals surface area contributed by atoms with Crippen LogP contribution >= 0.6 is 0 Å². The third-order valence-corrected chi connectivity index (χ3v) is 3.15. The number of nitrogens with zero attached hydrogens (tertiary/aromatic N) is 2. The smallest absolute Gasteiger partial charge is 0.181 e. The van der Waals surface area contributed by atoms with Crippen molar-refractivity contribution in [3.05, 3.63) is 66.9 Å². The number of hydrogen-bond acceptors (Lipinski definition) is 4. The van der Waals surface area contributed by atoms with Crippen molar-refractivity contribution in [2.45, 2.75) is 13.0 Å². The van der Waals surface area contributed by atoms with E-state index in [1.165, 1.54) is 6.39 Å². The summed E-state index contributed by atoms with van der Waals surface area (Å²) >= 11 is 0. The molecule has 4 nitrogen and oxygen atoms in total. The highest BCUT2D eigenvalue weighted by atomic mass is 16.3. The lowest BCUT2D eigenvalue weighted by molar-refractivity contribution is 0.572. The first-order valence-electron chi connectivity index (χ1n) is 6.48. The van der Waals surface area contributed by atoms with Crippen molar-refractivity contribution in [3.63, 3.8) is 0 Å². The summed E-state index contributed by atoms with van der Waals surface area (Å²) in [5.41, 5.74) is 3.19. The van der Waals surface area contributed by atoms with Gasteiger partial charge >= 0.3 is 0 Å². The summed E-state index contributed by atoms with van der Waals surface area (Å²) in [5, 5.41) is 3.46. The Hall–Kier alpha value is -2.62. The van der Waals surface area contributed by atoms with Gasteiger partial charge in [-0.3, -0.25) is 4.98 Å².